The minimum absolute atomic E-state index is 0.306. The zero-order chi connectivity index (χ0) is 13.5. The third kappa shape index (κ3) is 1.99. The Morgan fingerprint density at radius 1 is 1.32 bits per heavy atom. The lowest BCUT2D eigenvalue weighted by Crippen LogP contribution is -2.37. The van der Waals surface area contributed by atoms with Crippen LogP contribution in [0.1, 0.15) is 31.5 Å². The first-order valence-electron chi connectivity index (χ1n) is 6.33. The zero-order valence-corrected chi connectivity index (χ0v) is 11.2. The SMILES string of the molecule is NC1(c2n[nH]c(=O)n2-c2ccccc2Cl)CCCC1. The van der Waals surface area contributed by atoms with Crippen molar-refractivity contribution >= 4 is 11.6 Å². The minimum Gasteiger partial charge on any atom is -0.319 e. The Hall–Kier alpha value is -1.59. The van der Waals surface area contributed by atoms with Crippen LogP contribution in [0.5, 0.6) is 0 Å². The van der Waals surface area contributed by atoms with Crippen LogP contribution < -0.4 is 11.4 Å². The van der Waals surface area contributed by atoms with Crippen molar-refractivity contribution in [3.05, 3.63) is 45.6 Å². The van der Waals surface area contributed by atoms with E-state index in [9.17, 15) is 4.79 Å². The molecule has 0 atom stereocenters. The van der Waals surface area contributed by atoms with E-state index in [4.69, 9.17) is 17.3 Å². The van der Waals surface area contributed by atoms with Gasteiger partial charge in [0, 0.05) is 0 Å². The van der Waals surface area contributed by atoms with E-state index in [1.165, 1.54) is 4.57 Å². The Morgan fingerprint density at radius 2 is 2.00 bits per heavy atom. The largest absolute Gasteiger partial charge is 0.348 e. The second-order valence-electron chi connectivity index (χ2n) is 5.00. The standard InChI is InChI=1S/C13H15ClN4O/c14-9-5-1-2-6-10(9)18-11(16-17-12(18)19)13(15)7-3-4-8-13/h1-2,5-6H,3-4,7-8,15H2,(H,17,19). The van der Waals surface area contributed by atoms with Crippen LogP contribution >= 0.6 is 11.6 Å². The predicted molar refractivity (Wildman–Crippen MR) is 73.5 cm³/mol. The molecule has 19 heavy (non-hydrogen) atoms. The maximum atomic E-state index is 12.0. The molecular weight excluding hydrogens is 264 g/mol. The monoisotopic (exact) mass is 278 g/mol. The first kappa shape index (κ1) is 12.4. The van der Waals surface area contributed by atoms with Gasteiger partial charge in [0.25, 0.3) is 0 Å². The zero-order valence-electron chi connectivity index (χ0n) is 10.4. The van der Waals surface area contributed by atoms with Crippen LogP contribution in [-0.4, -0.2) is 14.8 Å². The first-order valence-corrected chi connectivity index (χ1v) is 6.71. The number of hydrogen-bond donors (Lipinski definition) is 2. The number of benzene rings is 1. The average molecular weight is 279 g/mol. The van der Waals surface area contributed by atoms with Gasteiger partial charge in [-0.25, -0.2) is 14.5 Å². The Morgan fingerprint density at radius 3 is 2.68 bits per heavy atom. The summed E-state index contributed by atoms with van der Waals surface area (Å²) in [5.74, 6) is 0.572. The van der Waals surface area contributed by atoms with Crippen molar-refractivity contribution in [2.75, 3.05) is 0 Å². The van der Waals surface area contributed by atoms with Gasteiger partial charge < -0.3 is 5.73 Å². The molecule has 1 heterocycles. The van der Waals surface area contributed by atoms with Gasteiger partial charge in [-0.3, -0.25) is 0 Å². The number of hydrogen-bond acceptors (Lipinski definition) is 3. The fourth-order valence-electron chi connectivity index (χ4n) is 2.72. The number of nitrogens with two attached hydrogens (primary N) is 1. The summed E-state index contributed by atoms with van der Waals surface area (Å²) in [5, 5.41) is 7.12. The van der Waals surface area contributed by atoms with Crippen molar-refractivity contribution in [2.24, 2.45) is 5.73 Å². The normalized spacial score (nSPS) is 17.8. The molecule has 100 valence electrons. The van der Waals surface area contributed by atoms with Crippen molar-refractivity contribution in [1.29, 1.82) is 0 Å². The van der Waals surface area contributed by atoms with Gasteiger partial charge in [0.1, 0.15) is 0 Å². The molecule has 1 aliphatic rings. The van der Waals surface area contributed by atoms with Gasteiger partial charge >= 0.3 is 5.69 Å². The lowest BCUT2D eigenvalue weighted by atomic mass is 9.98. The summed E-state index contributed by atoms with van der Waals surface area (Å²) >= 11 is 6.17. The van der Waals surface area contributed by atoms with E-state index in [2.05, 4.69) is 10.2 Å². The summed E-state index contributed by atoms with van der Waals surface area (Å²) in [6.45, 7) is 0. The lowest BCUT2D eigenvalue weighted by molar-refractivity contribution is 0.423. The molecule has 0 spiro atoms. The van der Waals surface area contributed by atoms with Gasteiger partial charge in [0.2, 0.25) is 0 Å². The molecule has 1 aromatic heterocycles. The molecule has 1 fully saturated rings. The fraction of sp³-hybridized carbons (Fsp3) is 0.385. The summed E-state index contributed by atoms with van der Waals surface area (Å²) < 4.78 is 1.49. The van der Waals surface area contributed by atoms with Crippen LogP contribution in [0.3, 0.4) is 0 Å². The summed E-state index contributed by atoms with van der Waals surface area (Å²) in [7, 11) is 0. The second-order valence-corrected chi connectivity index (χ2v) is 5.41. The molecule has 0 amide bonds. The number of H-pyrrole nitrogens is 1. The maximum absolute atomic E-state index is 12.0. The van der Waals surface area contributed by atoms with Crippen LogP contribution in [-0.2, 0) is 5.54 Å². The molecule has 1 aliphatic carbocycles. The van der Waals surface area contributed by atoms with Gasteiger partial charge in [-0.2, -0.15) is 5.10 Å². The molecule has 3 rings (SSSR count). The Kier molecular flexibility index (Phi) is 2.95. The average Bonchev–Trinajstić information content (AvgIpc) is 2.98. The minimum atomic E-state index is -0.543. The highest BCUT2D eigenvalue weighted by Gasteiger charge is 2.37. The Bertz CT molecular complexity index is 655. The Balaban J connectivity index is 2.20. The number of aromatic amines is 1. The molecule has 1 saturated carbocycles. The molecule has 0 aliphatic heterocycles. The smallest absolute Gasteiger partial charge is 0.319 e. The van der Waals surface area contributed by atoms with Crippen molar-refractivity contribution in [1.82, 2.24) is 14.8 Å². The van der Waals surface area contributed by atoms with Gasteiger partial charge in [0.05, 0.1) is 16.2 Å². The summed E-state index contributed by atoms with van der Waals surface area (Å²) in [5.41, 5.74) is 6.17. The molecule has 0 saturated heterocycles. The van der Waals surface area contributed by atoms with Crippen LogP contribution in [0, 0.1) is 0 Å². The Labute approximate surface area is 115 Å². The van der Waals surface area contributed by atoms with Gasteiger partial charge in [-0.05, 0) is 25.0 Å². The molecule has 5 nitrogen and oxygen atoms in total. The molecule has 3 N–H and O–H groups in total. The van der Waals surface area contributed by atoms with E-state index in [0.717, 1.165) is 25.7 Å². The third-order valence-electron chi connectivity index (χ3n) is 3.71. The molecule has 6 heteroatoms. The van der Waals surface area contributed by atoms with Crippen molar-refractivity contribution in [3.8, 4) is 5.69 Å². The molecule has 2 aromatic rings. The quantitative estimate of drug-likeness (QED) is 0.881. The summed E-state index contributed by atoms with van der Waals surface area (Å²) in [6.07, 6.45) is 3.78. The number of nitrogens with zero attached hydrogens (tertiary/aromatic N) is 2. The second kappa shape index (κ2) is 4.51. The number of aromatic nitrogens is 3. The van der Waals surface area contributed by atoms with E-state index in [-0.39, 0.29) is 5.69 Å². The molecular formula is C13H15ClN4O. The van der Waals surface area contributed by atoms with E-state index >= 15 is 0 Å². The van der Waals surface area contributed by atoms with Crippen molar-refractivity contribution in [3.63, 3.8) is 0 Å². The predicted octanol–water partition coefficient (Wildman–Crippen LogP) is 1.94. The molecule has 1 aromatic carbocycles. The van der Waals surface area contributed by atoms with Crippen LogP contribution in [0.4, 0.5) is 0 Å². The van der Waals surface area contributed by atoms with Gasteiger partial charge in [-0.15, -0.1) is 0 Å². The van der Waals surface area contributed by atoms with E-state index in [1.54, 1.807) is 12.1 Å². The van der Waals surface area contributed by atoms with E-state index in [1.807, 2.05) is 12.1 Å². The first-order chi connectivity index (χ1) is 9.12. The summed E-state index contributed by atoms with van der Waals surface area (Å²) in [4.78, 5) is 12.0. The number of halogens is 1. The van der Waals surface area contributed by atoms with E-state index < -0.39 is 5.54 Å². The fourth-order valence-corrected chi connectivity index (χ4v) is 2.94. The molecule has 0 radical (unpaired) electrons. The number of para-hydroxylation sites is 1. The lowest BCUT2D eigenvalue weighted by Gasteiger charge is -2.23. The van der Waals surface area contributed by atoms with Crippen molar-refractivity contribution in [2.45, 2.75) is 31.2 Å². The summed E-state index contributed by atoms with van der Waals surface area (Å²) in [6, 6.07) is 7.20. The van der Waals surface area contributed by atoms with Gasteiger partial charge in [-0.1, -0.05) is 36.6 Å². The molecule has 0 unspecified atom stereocenters. The van der Waals surface area contributed by atoms with E-state index in [0.29, 0.717) is 16.5 Å². The van der Waals surface area contributed by atoms with Crippen LogP contribution in [0.25, 0.3) is 5.69 Å². The topological polar surface area (TPSA) is 76.7 Å². The number of rotatable bonds is 2. The highest BCUT2D eigenvalue weighted by atomic mass is 35.5. The molecule has 0 bridgehead atoms. The highest BCUT2D eigenvalue weighted by Crippen LogP contribution is 2.36. The van der Waals surface area contributed by atoms with Crippen LogP contribution in [0.2, 0.25) is 5.02 Å². The van der Waals surface area contributed by atoms with Crippen molar-refractivity contribution < 1.29 is 0 Å². The van der Waals surface area contributed by atoms with Crippen LogP contribution in [0.15, 0.2) is 29.1 Å². The van der Waals surface area contributed by atoms with Gasteiger partial charge in [0.15, 0.2) is 5.82 Å². The number of nitrogens with one attached hydrogen (secondary N) is 1. The highest BCUT2D eigenvalue weighted by molar-refractivity contribution is 6.32. The maximum Gasteiger partial charge on any atom is 0.348 e. The third-order valence-corrected chi connectivity index (χ3v) is 4.03.